The summed E-state index contributed by atoms with van der Waals surface area (Å²) < 4.78 is 38.5. The molecule has 2 bridgehead atoms. The fourth-order valence-electron chi connectivity index (χ4n) is 7.47. The monoisotopic (exact) mass is 538 g/mol. The number of fused-ring (bicyclic) bond motifs is 1. The highest BCUT2D eigenvalue weighted by molar-refractivity contribution is 5.94. The van der Waals surface area contributed by atoms with Crippen molar-refractivity contribution < 1.29 is 28.2 Å². The molecule has 2 aromatic rings. The van der Waals surface area contributed by atoms with E-state index in [1.165, 1.54) is 25.0 Å². The molecule has 0 spiro atoms. The molecule has 39 heavy (non-hydrogen) atoms. The first kappa shape index (κ1) is 26.1. The van der Waals surface area contributed by atoms with Gasteiger partial charge >= 0.3 is 6.18 Å². The highest BCUT2D eigenvalue weighted by atomic mass is 19.4. The number of phenolic OH excluding ortho intramolecular Hbond substituents is 2. The number of carbonyl (C=O) groups is 1. The van der Waals surface area contributed by atoms with Gasteiger partial charge < -0.3 is 15.1 Å². The Balaban J connectivity index is 1.25. The van der Waals surface area contributed by atoms with Crippen LogP contribution in [0.4, 0.5) is 13.2 Å². The fourth-order valence-corrected chi connectivity index (χ4v) is 7.47. The summed E-state index contributed by atoms with van der Waals surface area (Å²) in [5, 5.41) is 21.1. The van der Waals surface area contributed by atoms with Crippen LogP contribution in [0.5, 0.6) is 11.5 Å². The first-order chi connectivity index (χ1) is 18.6. The van der Waals surface area contributed by atoms with E-state index in [4.69, 9.17) is 0 Å². The van der Waals surface area contributed by atoms with E-state index in [-0.39, 0.29) is 28.9 Å². The van der Waals surface area contributed by atoms with Crippen molar-refractivity contribution in [2.24, 2.45) is 11.8 Å². The number of nitrogens with zero attached hydrogens (tertiary/aromatic N) is 2. The third kappa shape index (κ3) is 4.65. The minimum atomic E-state index is -4.42. The molecule has 1 saturated heterocycles. The summed E-state index contributed by atoms with van der Waals surface area (Å²) in [7, 11) is 1.75. The van der Waals surface area contributed by atoms with Crippen LogP contribution in [0.1, 0.15) is 60.8 Å². The quantitative estimate of drug-likeness (QED) is 0.423. The SMILES string of the molecule is CN(C(=O)C#Cc1ccc(C(F)(F)F)cc1)[C@H]1CC[C@H]2[C@H]3Cc4c(ccc(O)c4O)[C@@]2(CCN3CC2CC2)C1. The maximum Gasteiger partial charge on any atom is 0.416 e. The summed E-state index contributed by atoms with van der Waals surface area (Å²) in [6, 6.07) is 8.32. The van der Waals surface area contributed by atoms with E-state index in [9.17, 15) is 28.2 Å². The lowest BCUT2D eigenvalue weighted by Gasteiger charge is -2.61. The number of likely N-dealkylation sites (tertiary alicyclic amines) is 1. The zero-order chi connectivity index (χ0) is 27.5. The zero-order valence-corrected chi connectivity index (χ0v) is 22.0. The Kier molecular flexibility index (Phi) is 6.33. The van der Waals surface area contributed by atoms with Crippen molar-refractivity contribution in [1.82, 2.24) is 9.80 Å². The van der Waals surface area contributed by atoms with Crippen LogP contribution in [0.3, 0.4) is 0 Å². The van der Waals surface area contributed by atoms with Crippen LogP contribution in [-0.2, 0) is 22.8 Å². The topological polar surface area (TPSA) is 64.0 Å². The number of benzene rings is 2. The normalized spacial score (nSPS) is 28.1. The minimum absolute atomic E-state index is 0.0161. The molecule has 1 amide bonds. The van der Waals surface area contributed by atoms with Crippen molar-refractivity contribution in [3.05, 3.63) is 58.7 Å². The molecule has 4 atom stereocenters. The van der Waals surface area contributed by atoms with Gasteiger partial charge in [-0.2, -0.15) is 13.2 Å². The van der Waals surface area contributed by atoms with Gasteiger partial charge in [-0.25, -0.2) is 0 Å². The lowest BCUT2D eigenvalue weighted by molar-refractivity contribution is -0.137. The van der Waals surface area contributed by atoms with Gasteiger partial charge in [0, 0.05) is 48.1 Å². The Hall–Kier alpha value is -3.18. The largest absolute Gasteiger partial charge is 0.504 e. The van der Waals surface area contributed by atoms with E-state index < -0.39 is 11.7 Å². The van der Waals surface area contributed by atoms with Crippen LogP contribution in [0, 0.1) is 23.7 Å². The van der Waals surface area contributed by atoms with Crippen molar-refractivity contribution in [3.8, 4) is 23.3 Å². The lowest BCUT2D eigenvalue weighted by Crippen LogP contribution is -2.63. The number of alkyl halides is 3. The number of hydrogen-bond donors (Lipinski definition) is 2. The second-order valence-electron chi connectivity index (χ2n) is 11.9. The number of hydrogen-bond acceptors (Lipinski definition) is 4. The van der Waals surface area contributed by atoms with Crippen molar-refractivity contribution in [3.63, 3.8) is 0 Å². The molecule has 1 heterocycles. The van der Waals surface area contributed by atoms with E-state index in [2.05, 4.69) is 16.7 Å². The standard InChI is InChI=1S/C31H33F3N2O3/c1-35(28(38)13-6-19-4-7-21(8-5-19)31(32,33)34)22-9-10-25-26-16-23-24(11-12-27(37)29(23)39)30(25,17-22)14-15-36(26)18-20-2-3-20/h4-5,7-8,11-12,20,22,25-26,37,39H,2-3,9-10,14-18H2,1H3/t22-,25-,26+,30+/m0/s1. The van der Waals surface area contributed by atoms with E-state index in [1.54, 1.807) is 18.0 Å². The number of phenols is 2. The van der Waals surface area contributed by atoms with Crippen LogP contribution < -0.4 is 0 Å². The van der Waals surface area contributed by atoms with E-state index in [0.29, 0.717) is 17.5 Å². The van der Waals surface area contributed by atoms with Crippen molar-refractivity contribution >= 4 is 5.91 Å². The average molecular weight is 539 g/mol. The molecule has 2 saturated carbocycles. The molecule has 206 valence electrons. The third-order valence-corrected chi connectivity index (χ3v) is 9.69. The summed E-state index contributed by atoms with van der Waals surface area (Å²) in [4.78, 5) is 17.4. The number of aromatic hydroxyl groups is 2. The van der Waals surface area contributed by atoms with Crippen LogP contribution >= 0.6 is 0 Å². The Morgan fingerprint density at radius 1 is 1.10 bits per heavy atom. The summed E-state index contributed by atoms with van der Waals surface area (Å²) in [5.74, 6) is 6.07. The molecule has 3 fully saturated rings. The summed E-state index contributed by atoms with van der Waals surface area (Å²) in [6.45, 7) is 2.07. The van der Waals surface area contributed by atoms with Gasteiger partial charge in [-0.05, 0) is 99.2 Å². The first-order valence-corrected chi connectivity index (χ1v) is 13.8. The Labute approximate surface area is 226 Å². The Morgan fingerprint density at radius 3 is 2.54 bits per heavy atom. The predicted octanol–water partition coefficient (Wildman–Crippen LogP) is 5.07. The number of amides is 1. The third-order valence-electron chi connectivity index (χ3n) is 9.69. The molecule has 6 rings (SSSR count). The summed E-state index contributed by atoms with van der Waals surface area (Å²) >= 11 is 0. The Morgan fingerprint density at radius 2 is 1.85 bits per heavy atom. The molecule has 8 heteroatoms. The number of halogens is 3. The Bertz CT molecular complexity index is 1340. The van der Waals surface area contributed by atoms with Crippen LogP contribution in [-0.4, -0.2) is 58.1 Å². The van der Waals surface area contributed by atoms with Gasteiger partial charge in [0.2, 0.25) is 0 Å². The first-order valence-electron chi connectivity index (χ1n) is 13.8. The minimum Gasteiger partial charge on any atom is -0.504 e. The molecule has 0 unspecified atom stereocenters. The highest BCUT2D eigenvalue weighted by Gasteiger charge is 2.57. The number of piperidine rings is 1. The molecule has 0 radical (unpaired) electrons. The molecule has 2 aromatic carbocycles. The van der Waals surface area contributed by atoms with Gasteiger partial charge in [-0.3, -0.25) is 9.69 Å². The molecule has 4 aliphatic rings. The fraction of sp³-hybridized carbons (Fsp3) is 0.516. The highest BCUT2D eigenvalue weighted by Crippen LogP contribution is 2.58. The van der Waals surface area contributed by atoms with E-state index in [0.717, 1.165) is 74.4 Å². The van der Waals surface area contributed by atoms with Crippen LogP contribution in [0.15, 0.2) is 36.4 Å². The van der Waals surface area contributed by atoms with Crippen molar-refractivity contribution in [2.75, 3.05) is 20.1 Å². The van der Waals surface area contributed by atoms with Gasteiger partial charge in [0.25, 0.3) is 5.91 Å². The maximum atomic E-state index is 13.1. The molecular formula is C31H33F3N2O3. The van der Waals surface area contributed by atoms with Gasteiger partial charge in [0.05, 0.1) is 5.56 Å². The van der Waals surface area contributed by atoms with E-state index in [1.807, 2.05) is 6.07 Å². The van der Waals surface area contributed by atoms with Gasteiger partial charge in [0.15, 0.2) is 11.5 Å². The zero-order valence-electron chi connectivity index (χ0n) is 22.0. The molecule has 1 aliphatic heterocycles. The second kappa shape index (κ2) is 9.48. The summed E-state index contributed by atoms with van der Waals surface area (Å²) in [6.07, 6.45) is 2.38. The van der Waals surface area contributed by atoms with Gasteiger partial charge in [0.1, 0.15) is 0 Å². The summed E-state index contributed by atoms with van der Waals surface area (Å²) in [5.41, 5.74) is 1.36. The smallest absolute Gasteiger partial charge is 0.416 e. The van der Waals surface area contributed by atoms with Crippen LogP contribution in [0.25, 0.3) is 0 Å². The van der Waals surface area contributed by atoms with Crippen molar-refractivity contribution in [1.29, 1.82) is 0 Å². The second-order valence-corrected chi connectivity index (χ2v) is 11.9. The van der Waals surface area contributed by atoms with E-state index >= 15 is 0 Å². The number of rotatable bonds is 3. The van der Waals surface area contributed by atoms with Gasteiger partial charge in [-0.15, -0.1) is 0 Å². The molecule has 5 nitrogen and oxygen atoms in total. The maximum absolute atomic E-state index is 13.1. The van der Waals surface area contributed by atoms with Crippen LogP contribution in [0.2, 0.25) is 0 Å². The van der Waals surface area contributed by atoms with Crippen molar-refractivity contribution in [2.45, 2.75) is 68.6 Å². The number of carbonyl (C=O) groups excluding carboxylic acids is 1. The predicted molar refractivity (Wildman–Crippen MR) is 140 cm³/mol. The molecule has 0 aromatic heterocycles. The van der Waals surface area contributed by atoms with Gasteiger partial charge in [-0.1, -0.05) is 12.0 Å². The molecule has 3 aliphatic carbocycles. The average Bonchev–Trinajstić information content (AvgIpc) is 3.74. The molecule has 2 N–H and O–H groups in total. The lowest BCUT2D eigenvalue weighted by atomic mass is 9.51. The molecular weight excluding hydrogens is 505 g/mol.